The lowest BCUT2D eigenvalue weighted by Crippen LogP contribution is -2.09. The van der Waals surface area contributed by atoms with Crippen molar-refractivity contribution in [2.75, 3.05) is 5.75 Å². The standard InChI is InChI=1S/C5H8S/c1-5(2,3)4-6/h1-4H2. The zero-order valence-electron chi connectivity index (χ0n) is 3.74. The molecular weight excluding hydrogens is 92.1 g/mol. The van der Waals surface area contributed by atoms with Gasteiger partial charge in [-0.2, -0.15) is 0 Å². The Morgan fingerprint density at radius 2 is 1.83 bits per heavy atom. The van der Waals surface area contributed by atoms with Crippen molar-refractivity contribution in [2.45, 2.75) is 0 Å². The Labute approximate surface area is 45.4 Å². The second-order valence-electron chi connectivity index (χ2n) is 1.64. The van der Waals surface area contributed by atoms with Crippen LogP contribution in [0.5, 0.6) is 0 Å². The van der Waals surface area contributed by atoms with Gasteiger partial charge in [0.2, 0.25) is 0 Å². The molecule has 1 heteroatoms. The van der Waals surface area contributed by atoms with Crippen molar-refractivity contribution >= 4 is 12.6 Å². The van der Waals surface area contributed by atoms with E-state index in [4.69, 9.17) is 0 Å². The van der Waals surface area contributed by atoms with E-state index in [0.29, 0.717) is 5.75 Å². The lowest BCUT2D eigenvalue weighted by Gasteiger charge is -2.13. The molecule has 0 N–H and O–H groups in total. The molecule has 0 aliphatic carbocycles. The molecule has 0 aliphatic rings. The van der Waals surface area contributed by atoms with E-state index in [9.17, 15) is 0 Å². The van der Waals surface area contributed by atoms with Crippen molar-refractivity contribution in [1.29, 1.82) is 0 Å². The maximum atomic E-state index is 4.60. The summed E-state index contributed by atoms with van der Waals surface area (Å²) < 4.78 is 0. The third-order valence-electron chi connectivity index (χ3n) is 0.306. The fraction of sp³-hybridized carbons (Fsp3) is 0.400. The van der Waals surface area contributed by atoms with Gasteiger partial charge in [0.1, 0.15) is 0 Å². The van der Waals surface area contributed by atoms with E-state index >= 15 is 0 Å². The van der Waals surface area contributed by atoms with Crippen LogP contribution in [-0.4, -0.2) is 5.75 Å². The molecule has 0 amide bonds. The average molecular weight is 100 g/mol. The van der Waals surface area contributed by atoms with Crippen molar-refractivity contribution in [2.24, 2.45) is 5.41 Å². The normalized spacial score (nSPS) is 11.7. The van der Waals surface area contributed by atoms with Crippen LogP contribution in [0.2, 0.25) is 0 Å². The fourth-order valence-corrected chi connectivity index (χ4v) is 0. The molecule has 0 aromatic rings. The number of rotatable bonds is 1. The minimum Gasteiger partial charge on any atom is -0.786 e. The molecule has 0 bridgehead atoms. The summed E-state index contributed by atoms with van der Waals surface area (Å²) >= 11 is 4.60. The summed E-state index contributed by atoms with van der Waals surface area (Å²) in [6, 6.07) is 0. The topological polar surface area (TPSA) is 0 Å². The van der Waals surface area contributed by atoms with E-state index in [0.717, 1.165) is 0 Å². The fourth-order valence-electron chi connectivity index (χ4n) is 0. The van der Waals surface area contributed by atoms with Crippen molar-refractivity contribution in [3.8, 4) is 0 Å². The van der Waals surface area contributed by atoms with Crippen LogP contribution in [0.15, 0.2) is 0 Å². The molecule has 0 heterocycles. The Hall–Kier alpha value is 0.0900. The molecule has 0 saturated carbocycles. The van der Waals surface area contributed by atoms with Crippen LogP contribution in [0.3, 0.4) is 0 Å². The highest BCUT2D eigenvalue weighted by atomic mass is 32.1. The highest BCUT2D eigenvalue weighted by Crippen LogP contribution is 2.07. The highest BCUT2D eigenvalue weighted by molar-refractivity contribution is 7.58. The molecule has 34 valence electrons. The Balaban J connectivity index is 3.17. The first-order valence-corrected chi connectivity index (χ1v) is 2.28. The minimum absolute atomic E-state index is 0.394. The van der Waals surface area contributed by atoms with Crippen molar-refractivity contribution < 1.29 is 0 Å². The summed E-state index contributed by atoms with van der Waals surface area (Å²) in [6.45, 7) is 10.7. The highest BCUT2D eigenvalue weighted by Gasteiger charge is 2.08. The Morgan fingerprint density at radius 3 is 1.83 bits per heavy atom. The van der Waals surface area contributed by atoms with Gasteiger partial charge in [-0.3, -0.25) is 0 Å². The predicted octanol–water partition coefficient (Wildman–Crippen LogP) is 1.02. The van der Waals surface area contributed by atoms with Crippen LogP contribution in [-0.2, 0) is 12.6 Å². The third kappa shape index (κ3) is 4.09. The van der Waals surface area contributed by atoms with Crippen LogP contribution in [0.4, 0.5) is 0 Å². The molecule has 6 heavy (non-hydrogen) atoms. The van der Waals surface area contributed by atoms with Gasteiger partial charge in [0.25, 0.3) is 0 Å². The molecule has 0 saturated heterocycles. The first kappa shape index (κ1) is 6.09. The van der Waals surface area contributed by atoms with Gasteiger partial charge in [-0.1, -0.05) is 0 Å². The third-order valence-corrected chi connectivity index (χ3v) is 0.919. The molecule has 0 radical (unpaired) electrons. The molecule has 0 unspecified atom stereocenters. The molecule has 0 aromatic heterocycles. The molecule has 0 rings (SSSR count). The number of hydrogen-bond donors (Lipinski definition) is 0. The summed E-state index contributed by atoms with van der Waals surface area (Å²) in [7, 11) is 0. The zero-order chi connectivity index (χ0) is 5.21. The van der Waals surface area contributed by atoms with E-state index in [1.165, 1.54) is 0 Å². The van der Waals surface area contributed by atoms with Crippen LogP contribution in [0.1, 0.15) is 0 Å². The van der Waals surface area contributed by atoms with E-state index in [2.05, 4.69) is 33.4 Å². The maximum Gasteiger partial charge on any atom is 0.0966 e. The summed E-state index contributed by atoms with van der Waals surface area (Å²) in [5.41, 5.74) is -0.394. The smallest absolute Gasteiger partial charge is 0.0966 e. The van der Waals surface area contributed by atoms with Gasteiger partial charge in [0.15, 0.2) is 0 Å². The van der Waals surface area contributed by atoms with Gasteiger partial charge < -0.3 is 12.6 Å². The van der Waals surface area contributed by atoms with E-state index in [1.54, 1.807) is 0 Å². The molecule has 0 spiro atoms. The first-order valence-electron chi connectivity index (χ1n) is 1.70. The van der Waals surface area contributed by atoms with Gasteiger partial charge in [0.05, 0.1) is 19.3 Å². The van der Waals surface area contributed by atoms with Crippen molar-refractivity contribution in [3.05, 3.63) is 20.8 Å². The van der Waals surface area contributed by atoms with Gasteiger partial charge >= 0.3 is 0 Å². The lowest BCUT2D eigenvalue weighted by molar-refractivity contribution is 0.717. The maximum absolute atomic E-state index is 4.60. The summed E-state index contributed by atoms with van der Waals surface area (Å²) in [6.07, 6.45) is 0. The molecule has 0 atom stereocenters. The van der Waals surface area contributed by atoms with Gasteiger partial charge in [0, 0.05) is 0 Å². The van der Waals surface area contributed by atoms with Crippen LogP contribution >= 0.6 is 0 Å². The van der Waals surface area contributed by atoms with E-state index in [1.807, 2.05) is 0 Å². The molecule has 0 nitrogen and oxygen atoms in total. The van der Waals surface area contributed by atoms with Crippen LogP contribution < -0.4 is 0 Å². The Morgan fingerprint density at radius 1 is 1.67 bits per heavy atom. The van der Waals surface area contributed by atoms with Gasteiger partial charge in [-0.25, -0.2) is 6.92 Å². The Kier molecular flexibility index (Phi) is 1.72. The molecule has 0 aromatic carbocycles. The van der Waals surface area contributed by atoms with E-state index < -0.39 is 5.41 Å². The minimum atomic E-state index is -0.394. The molecular formula is C5H8S. The summed E-state index contributed by atoms with van der Waals surface area (Å²) in [4.78, 5) is 0. The van der Waals surface area contributed by atoms with Crippen molar-refractivity contribution in [1.82, 2.24) is 0 Å². The summed E-state index contributed by atoms with van der Waals surface area (Å²) in [5.74, 6) is 0.521. The summed E-state index contributed by atoms with van der Waals surface area (Å²) in [5, 5.41) is 0. The SMILES string of the molecule is [CH2+]C([CH2+])([CH2-])C[S-]. The quantitative estimate of drug-likeness (QED) is 0.350. The lowest BCUT2D eigenvalue weighted by atomic mass is 10.0. The second kappa shape index (κ2) is 1.69. The van der Waals surface area contributed by atoms with Gasteiger partial charge in [-0.15, -0.1) is 5.75 Å². The average Bonchev–Trinajstić information content (AvgIpc) is 1.35. The van der Waals surface area contributed by atoms with Crippen LogP contribution in [0, 0.1) is 26.2 Å². The molecule has 0 aliphatic heterocycles. The van der Waals surface area contributed by atoms with Gasteiger partial charge in [-0.05, 0) is 0 Å². The largest absolute Gasteiger partial charge is 0.786 e. The van der Waals surface area contributed by atoms with Crippen LogP contribution in [0.25, 0.3) is 0 Å². The van der Waals surface area contributed by atoms with E-state index in [-0.39, 0.29) is 0 Å². The predicted molar refractivity (Wildman–Crippen MR) is 30.7 cm³/mol. The van der Waals surface area contributed by atoms with Crippen molar-refractivity contribution in [3.63, 3.8) is 0 Å². The Bertz CT molecular complexity index is 33.7. The monoisotopic (exact) mass is 100 g/mol. The number of hydrogen-bond acceptors (Lipinski definition) is 1. The first-order chi connectivity index (χ1) is 2.56. The molecule has 0 fully saturated rings. The zero-order valence-corrected chi connectivity index (χ0v) is 4.55. The second-order valence-corrected chi connectivity index (χ2v) is 1.93.